The molecule has 0 fully saturated rings. The Balaban J connectivity index is 3.21. The molecule has 0 saturated carbocycles. The Hall–Kier alpha value is -0.120. The quantitative estimate of drug-likeness (QED) is 0.526. The molecule has 1 unspecified atom stereocenters. The van der Waals surface area contributed by atoms with Crippen molar-refractivity contribution in [3.05, 3.63) is 0 Å². The van der Waals surface area contributed by atoms with Crippen LogP contribution in [0.25, 0.3) is 0 Å². The van der Waals surface area contributed by atoms with E-state index in [0.717, 1.165) is 12.8 Å². The third-order valence-corrected chi connectivity index (χ3v) is 1.23. The summed E-state index contributed by atoms with van der Waals surface area (Å²) >= 11 is 0. The topological polar surface area (TPSA) is 42.3 Å². The van der Waals surface area contributed by atoms with E-state index in [1.165, 1.54) is 0 Å². The van der Waals surface area contributed by atoms with Crippen LogP contribution < -0.4 is 5.73 Å². The van der Waals surface area contributed by atoms with Crippen molar-refractivity contribution in [2.24, 2.45) is 0 Å². The summed E-state index contributed by atoms with van der Waals surface area (Å²) in [4.78, 5) is 0. The van der Waals surface area contributed by atoms with Crippen molar-refractivity contribution in [1.29, 1.82) is 0 Å². The number of hydrogen-bond acceptors (Lipinski definition) is 2. The maximum Gasteiger partial charge on any atom is 0.157 e. The van der Waals surface area contributed by atoms with Crippen LogP contribution in [-0.2, 0) is 9.47 Å². The molecule has 0 aliphatic carbocycles. The van der Waals surface area contributed by atoms with Gasteiger partial charge in [-0.2, -0.15) is 0 Å². The largest absolute Gasteiger partial charge is 0.356 e. The molecule has 0 heterocycles. The van der Waals surface area contributed by atoms with Gasteiger partial charge in [0, 0.05) is 20.3 Å². The fourth-order valence-corrected chi connectivity index (χ4v) is 0.724. The average Bonchev–Trinajstić information content (AvgIpc) is 1.98. The van der Waals surface area contributed by atoms with Crippen LogP contribution >= 0.6 is 0 Å². The molecule has 1 atom stereocenters. The number of hydrogen-bond donors (Lipinski definition) is 0. The van der Waals surface area contributed by atoms with Crippen LogP contribution in [0.4, 0.5) is 0 Å². The van der Waals surface area contributed by atoms with Crippen LogP contribution in [0.2, 0.25) is 0 Å². The highest BCUT2D eigenvalue weighted by molar-refractivity contribution is 4.44. The minimum atomic E-state index is -0.102. The molecule has 0 aromatic carbocycles. The maximum absolute atomic E-state index is 6.89. The van der Waals surface area contributed by atoms with Gasteiger partial charge in [-0.25, -0.2) is 0 Å². The normalized spacial score (nSPS) is 13.5. The molecule has 0 saturated heterocycles. The van der Waals surface area contributed by atoms with E-state index in [2.05, 4.69) is 0 Å². The summed E-state index contributed by atoms with van der Waals surface area (Å²) in [5.41, 5.74) is 6.89. The molecule has 61 valence electrons. The number of methoxy groups -OCH3 is 1. The van der Waals surface area contributed by atoms with Crippen molar-refractivity contribution in [3.63, 3.8) is 0 Å². The zero-order valence-electron chi connectivity index (χ0n) is 6.72. The highest BCUT2D eigenvalue weighted by Gasteiger charge is 2.03. The summed E-state index contributed by atoms with van der Waals surface area (Å²) in [6.45, 7) is 3.07. The standard InChI is InChI=1S/C7H16NO2/c1-3-10-7(9-2)5-4-6-8/h7-8H,3-6H2,1-2H3. The Kier molecular flexibility index (Phi) is 6.91. The molecule has 3 nitrogen and oxygen atoms in total. The zero-order chi connectivity index (χ0) is 7.82. The lowest BCUT2D eigenvalue weighted by atomic mass is 10.3. The van der Waals surface area contributed by atoms with Crippen LogP contribution in [0.5, 0.6) is 0 Å². The Bertz CT molecular complexity index is 68.6. The minimum absolute atomic E-state index is 0.102. The molecule has 10 heavy (non-hydrogen) atoms. The van der Waals surface area contributed by atoms with Crippen LogP contribution in [-0.4, -0.2) is 26.6 Å². The molecule has 0 amide bonds. The lowest BCUT2D eigenvalue weighted by Crippen LogP contribution is -2.15. The summed E-state index contributed by atoms with van der Waals surface area (Å²) in [5.74, 6) is 0. The molecule has 0 spiro atoms. The van der Waals surface area contributed by atoms with Crippen molar-refractivity contribution in [3.8, 4) is 0 Å². The van der Waals surface area contributed by atoms with Crippen LogP contribution in [0, 0.1) is 0 Å². The van der Waals surface area contributed by atoms with Crippen LogP contribution in [0.3, 0.4) is 0 Å². The Labute approximate surface area is 62.5 Å². The van der Waals surface area contributed by atoms with Crippen molar-refractivity contribution in [2.45, 2.75) is 26.1 Å². The van der Waals surface area contributed by atoms with Gasteiger partial charge in [-0.15, -0.1) is 0 Å². The molecule has 3 heteroatoms. The summed E-state index contributed by atoms with van der Waals surface area (Å²) < 4.78 is 10.2. The molecule has 1 N–H and O–H groups in total. The van der Waals surface area contributed by atoms with Crippen LogP contribution in [0.1, 0.15) is 19.8 Å². The van der Waals surface area contributed by atoms with Gasteiger partial charge in [-0.05, 0) is 19.8 Å². The Morgan fingerprint density at radius 1 is 1.50 bits per heavy atom. The van der Waals surface area contributed by atoms with Gasteiger partial charge < -0.3 is 9.47 Å². The van der Waals surface area contributed by atoms with E-state index < -0.39 is 0 Å². The van der Waals surface area contributed by atoms with E-state index in [9.17, 15) is 0 Å². The predicted molar refractivity (Wildman–Crippen MR) is 39.6 cm³/mol. The fraction of sp³-hybridized carbons (Fsp3) is 1.00. The molecule has 1 radical (unpaired) electrons. The molecule has 0 aliphatic heterocycles. The summed E-state index contributed by atoms with van der Waals surface area (Å²) in [6, 6.07) is 0. The first-order valence-corrected chi connectivity index (χ1v) is 3.64. The molecule has 0 aromatic heterocycles. The molecule has 0 aromatic rings. The van der Waals surface area contributed by atoms with Gasteiger partial charge in [0.1, 0.15) is 0 Å². The second-order valence-corrected chi connectivity index (χ2v) is 2.01. The second-order valence-electron chi connectivity index (χ2n) is 2.01. The van der Waals surface area contributed by atoms with E-state index in [0.29, 0.717) is 13.2 Å². The van der Waals surface area contributed by atoms with Crippen LogP contribution in [0.15, 0.2) is 0 Å². The number of ether oxygens (including phenoxy) is 2. The highest BCUT2D eigenvalue weighted by Crippen LogP contribution is 2.01. The average molecular weight is 146 g/mol. The molecule has 0 aliphatic rings. The summed E-state index contributed by atoms with van der Waals surface area (Å²) in [5, 5.41) is 0. The van der Waals surface area contributed by atoms with Gasteiger partial charge in [0.05, 0.1) is 0 Å². The van der Waals surface area contributed by atoms with E-state index in [4.69, 9.17) is 15.2 Å². The first kappa shape index (κ1) is 9.88. The minimum Gasteiger partial charge on any atom is -0.356 e. The molecular formula is C7H16NO2. The molecular weight excluding hydrogens is 130 g/mol. The lowest BCUT2D eigenvalue weighted by molar-refractivity contribution is -0.124. The second kappa shape index (κ2) is 6.99. The van der Waals surface area contributed by atoms with Gasteiger partial charge in [0.25, 0.3) is 0 Å². The highest BCUT2D eigenvalue weighted by atomic mass is 16.7. The van der Waals surface area contributed by atoms with Gasteiger partial charge in [0.2, 0.25) is 0 Å². The summed E-state index contributed by atoms with van der Waals surface area (Å²) in [7, 11) is 1.63. The number of rotatable bonds is 6. The SMILES string of the molecule is CCOC(CCC[NH])OC. The Morgan fingerprint density at radius 3 is 2.60 bits per heavy atom. The smallest absolute Gasteiger partial charge is 0.157 e. The number of nitrogens with one attached hydrogen (secondary N) is 1. The third-order valence-electron chi connectivity index (χ3n) is 1.23. The zero-order valence-corrected chi connectivity index (χ0v) is 6.72. The van der Waals surface area contributed by atoms with E-state index in [1.54, 1.807) is 7.11 Å². The monoisotopic (exact) mass is 146 g/mol. The molecule has 0 rings (SSSR count). The van der Waals surface area contributed by atoms with Gasteiger partial charge in [0.15, 0.2) is 6.29 Å². The van der Waals surface area contributed by atoms with Gasteiger partial charge >= 0.3 is 0 Å². The molecule has 0 bridgehead atoms. The first-order chi connectivity index (χ1) is 4.85. The van der Waals surface area contributed by atoms with Crippen molar-refractivity contribution in [2.75, 3.05) is 20.3 Å². The maximum atomic E-state index is 6.89. The van der Waals surface area contributed by atoms with Gasteiger partial charge in [-0.1, -0.05) is 0 Å². The lowest BCUT2D eigenvalue weighted by Gasteiger charge is -2.13. The van der Waals surface area contributed by atoms with E-state index in [1.807, 2.05) is 6.92 Å². The van der Waals surface area contributed by atoms with Crippen molar-refractivity contribution >= 4 is 0 Å². The summed E-state index contributed by atoms with van der Waals surface area (Å²) in [6.07, 6.45) is 1.57. The van der Waals surface area contributed by atoms with E-state index in [-0.39, 0.29) is 6.29 Å². The van der Waals surface area contributed by atoms with Crippen molar-refractivity contribution < 1.29 is 9.47 Å². The van der Waals surface area contributed by atoms with E-state index >= 15 is 0 Å². The third kappa shape index (κ3) is 4.73. The Morgan fingerprint density at radius 2 is 2.20 bits per heavy atom. The van der Waals surface area contributed by atoms with Crippen molar-refractivity contribution in [1.82, 2.24) is 5.73 Å². The fourth-order valence-electron chi connectivity index (χ4n) is 0.724. The van der Waals surface area contributed by atoms with Gasteiger partial charge in [-0.3, -0.25) is 5.73 Å². The first-order valence-electron chi connectivity index (χ1n) is 3.64. The predicted octanol–water partition coefficient (Wildman–Crippen LogP) is 1.06.